The van der Waals surface area contributed by atoms with E-state index in [0.29, 0.717) is 34.4 Å². The molecule has 132 valence electrons. The molecule has 1 aromatic carbocycles. The molecule has 2 aromatic heterocycles. The van der Waals surface area contributed by atoms with E-state index in [2.05, 4.69) is 46.5 Å². The molecule has 0 saturated carbocycles. The van der Waals surface area contributed by atoms with Crippen LogP contribution in [-0.2, 0) is 13.0 Å². The molecule has 0 fully saturated rings. The number of rotatable bonds is 4. The normalized spacial score (nSPS) is 11.7. The predicted octanol–water partition coefficient (Wildman–Crippen LogP) is 3.43. The van der Waals surface area contributed by atoms with Gasteiger partial charge in [-0.15, -0.1) is 0 Å². The summed E-state index contributed by atoms with van der Waals surface area (Å²) in [7, 11) is 0. The van der Waals surface area contributed by atoms with Gasteiger partial charge < -0.3 is 19.6 Å². The second-order valence-electron chi connectivity index (χ2n) is 7.06. The number of hydrogen-bond acceptors (Lipinski definition) is 6. The lowest BCUT2D eigenvalue weighted by Crippen LogP contribution is -2.28. The van der Waals surface area contributed by atoms with Gasteiger partial charge in [-0.3, -0.25) is 0 Å². The van der Waals surface area contributed by atoms with Gasteiger partial charge in [-0.2, -0.15) is 4.98 Å². The number of carbonyl (C=O) groups excluding carboxylic acids is 1. The number of urea groups is 1. The van der Waals surface area contributed by atoms with Crippen molar-refractivity contribution >= 4 is 22.8 Å². The highest BCUT2D eigenvalue weighted by molar-refractivity contribution is 5.91. The van der Waals surface area contributed by atoms with E-state index in [1.165, 1.54) is 0 Å². The number of carbonyl (C=O) groups is 1. The van der Waals surface area contributed by atoms with Gasteiger partial charge in [0, 0.05) is 19.0 Å². The van der Waals surface area contributed by atoms with Crippen LogP contribution in [0.25, 0.3) is 11.1 Å². The Morgan fingerprint density at radius 1 is 1.24 bits per heavy atom. The lowest BCUT2D eigenvalue weighted by Gasteiger charge is -2.14. The molecule has 0 aliphatic rings. The average molecular weight is 343 g/mol. The number of aromatic nitrogens is 3. The molecule has 2 amide bonds. The SMILES string of the molecule is Cc1nc(CNC(=O)Nc2ccc3oc(CC(C)(C)C)nc3c2)no1. The zero-order valence-corrected chi connectivity index (χ0v) is 14.7. The number of anilines is 1. The maximum atomic E-state index is 12.0. The third-order valence-corrected chi connectivity index (χ3v) is 3.35. The summed E-state index contributed by atoms with van der Waals surface area (Å²) in [6.07, 6.45) is 0.745. The summed E-state index contributed by atoms with van der Waals surface area (Å²) in [5.41, 5.74) is 2.14. The van der Waals surface area contributed by atoms with Crippen LogP contribution in [0.3, 0.4) is 0 Å². The van der Waals surface area contributed by atoms with Crippen molar-refractivity contribution in [1.29, 1.82) is 0 Å². The van der Waals surface area contributed by atoms with E-state index in [4.69, 9.17) is 8.94 Å². The Labute approximate surface area is 145 Å². The molecule has 0 aliphatic heterocycles. The molecule has 2 N–H and O–H groups in total. The smallest absolute Gasteiger partial charge is 0.319 e. The molecular weight excluding hydrogens is 322 g/mol. The molecule has 0 bridgehead atoms. The number of nitrogens with one attached hydrogen (secondary N) is 2. The van der Waals surface area contributed by atoms with Crippen molar-refractivity contribution in [2.45, 2.75) is 40.7 Å². The zero-order chi connectivity index (χ0) is 18.0. The molecule has 0 unspecified atom stereocenters. The predicted molar refractivity (Wildman–Crippen MR) is 92.1 cm³/mol. The number of oxazole rings is 1. The first-order valence-corrected chi connectivity index (χ1v) is 8.02. The van der Waals surface area contributed by atoms with Gasteiger partial charge in [0.05, 0.1) is 6.54 Å². The number of nitrogens with zero attached hydrogens (tertiary/aromatic N) is 3. The monoisotopic (exact) mass is 343 g/mol. The van der Waals surface area contributed by atoms with Crippen molar-refractivity contribution in [3.05, 3.63) is 35.8 Å². The van der Waals surface area contributed by atoms with Gasteiger partial charge in [0.1, 0.15) is 5.52 Å². The van der Waals surface area contributed by atoms with Gasteiger partial charge in [0.15, 0.2) is 17.3 Å². The van der Waals surface area contributed by atoms with Crippen molar-refractivity contribution < 1.29 is 13.7 Å². The molecule has 0 saturated heterocycles. The largest absolute Gasteiger partial charge is 0.441 e. The zero-order valence-electron chi connectivity index (χ0n) is 14.7. The summed E-state index contributed by atoms with van der Waals surface area (Å²) in [5.74, 6) is 1.57. The summed E-state index contributed by atoms with van der Waals surface area (Å²) in [5, 5.41) is 9.13. The third kappa shape index (κ3) is 4.56. The van der Waals surface area contributed by atoms with Gasteiger partial charge in [-0.25, -0.2) is 9.78 Å². The molecule has 0 spiro atoms. The Hall–Kier alpha value is -2.90. The molecule has 0 radical (unpaired) electrons. The number of fused-ring (bicyclic) bond motifs is 1. The van der Waals surface area contributed by atoms with Crippen LogP contribution in [0.15, 0.2) is 27.1 Å². The maximum absolute atomic E-state index is 12.0. The van der Waals surface area contributed by atoms with Crippen LogP contribution in [0.2, 0.25) is 0 Å². The summed E-state index contributed by atoms with van der Waals surface area (Å²) in [6, 6.07) is 4.99. The van der Waals surface area contributed by atoms with Crippen LogP contribution in [0.1, 0.15) is 38.4 Å². The van der Waals surface area contributed by atoms with E-state index in [0.717, 1.165) is 6.42 Å². The molecule has 25 heavy (non-hydrogen) atoms. The van der Waals surface area contributed by atoms with E-state index in [1.807, 2.05) is 0 Å². The number of amides is 2. The first-order chi connectivity index (χ1) is 11.8. The minimum atomic E-state index is -0.361. The molecule has 2 heterocycles. The minimum absolute atomic E-state index is 0.0926. The second kappa shape index (κ2) is 6.54. The Morgan fingerprint density at radius 2 is 2.04 bits per heavy atom. The fourth-order valence-electron chi connectivity index (χ4n) is 2.33. The van der Waals surface area contributed by atoms with Crippen molar-refractivity contribution in [3.63, 3.8) is 0 Å². The third-order valence-electron chi connectivity index (χ3n) is 3.35. The Kier molecular flexibility index (Phi) is 4.43. The van der Waals surface area contributed by atoms with E-state index in [1.54, 1.807) is 25.1 Å². The van der Waals surface area contributed by atoms with Gasteiger partial charge >= 0.3 is 6.03 Å². The second-order valence-corrected chi connectivity index (χ2v) is 7.06. The Morgan fingerprint density at radius 3 is 2.72 bits per heavy atom. The molecular formula is C17H21N5O3. The molecule has 8 nitrogen and oxygen atoms in total. The highest BCUT2D eigenvalue weighted by atomic mass is 16.5. The van der Waals surface area contributed by atoms with Crippen molar-refractivity contribution in [2.24, 2.45) is 5.41 Å². The van der Waals surface area contributed by atoms with E-state index < -0.39 is 0 Å². The van der Waals surface area contributed by atoms with E-state index >= 15 is 0 Å². The van der Waals surface area contributed by atoms with Gasteiger partial charge in [-0.05, 0) is 23.6 Å². The fraction of sp³-hybridized carbons (Fsp3) is 0.412. The maximum Gasteiger partial charge on any atom is 0.319 e. The Balaban J connectivity index is 1.63. The van der Waals surface area contributed by atoms with Crippen LogP contribution in [0.4, 0.5) is 10.5 Å². The number of aryl methyl sites for hydroxylation is 1. The van der Waals surface area contributed by atoms with Gasteiger partial charge in [-0.1, -0.05) is 25.9 Å². The first-order valence-electron chi connectivity index (χ1n) is 8.02. The van der Waals surface area contributed by atoms with Crippen LogP contribution >= 0.6 is 0 Å². The van der Waals surface area contributed by atoms with Crippen molar-refractivity contribution in [1.82, 2.24) is 20.4 Å². The molecule has 3 aromatic rings. The van der Waals surface area contributed by atoms with E-state index in [-0.39, 0.29) is 18.0 Å². The van der Waals surface area contributed by atoms with Crippen LogP contribution in [0.5, 0.6) is 0 Å². The minimum Gasteiger partial charge on any atom is -0.441 e. The highest BCUT2D eigenvalue weighted by Crippen LogP contribution is 2.25. The van der Waals surface area contributed by atoms with E-state index in [9.17, 15) is 4.79 Å². The van der Waals surface area contributed by atoms with Crippen LogP contribution < -0.4 is 10.6 Å². The van der Waals surface area contributed by atoms with Crippen LogP contribution in [0, 0.1) is 12.3 Å². The summed E-state index contributed by atoms with van der Waals surface area (Å²) in [6.45, 7) is 8.27. The standard InChI is InChI=1S/C17H21N5O3/c1-10-19-14(22-25-10)9-18-16(23)20-11-5-6-13-12(7-11)21-15(24-13)8-17(2,3)4/h5-7H,8-9H2,1-4H3,(H2,18,20,23). The Bertz CT molecular complexity index is 891. The lowest BCUT2D eigenvalue weighted by atomic mass is 9.92. The number of benzene rings is 1. The number of hydrogen-bond donors (Lipinski definition) is 2. The highest BCUT2D eigenvalue weighted by Gasteiger charge is 2.16. The van der Waals surface area contributed by atoms with Crippen molar-refractivity contribution in [3.8, 4) is 0 Å². The lowest BCUT2D eigenvalue weighted by molar-refractivity contribution is 0.251. The quantitative estimate of drug-likeness (QED) is 0.752. The molecule has 3 rings (SSSR count). The fourth-order valence-corrected chi connectivity index (χ4v) is 2.33. The van der Waals surface area contributed by atoms with Crippen LogP contribution in [-0.4, -0.2) is 21.2 Å². The molecule has 0 atom stereocenters. The van der Waals surface area contributed by atoms with Gasteiger partial charge in [0.2, 0.25) is 5.89 Å². The first kappa shape index (κ1) is 16.9. The summed E-state index contributed by atoms with van der Waals surface area (Å²) >= 11 is 0. The average Bonchev–Trinajstić information content (AvgIpc) is 3.08. The topological polar surface area (TPSA) is 106 Å². The molecule has 8 heteroatoms. The summed E-state index contributed by atoms with van der Waals surface area (Å²) in [4.78, 5) is 20.5. The van der Waals surface area contributed by atoms with Crippen molar-refractivity contribution in [2.75, 3.05) is 5.32 Å². The summed E-state index contributed by atoms with van der Waals surface area (Å²) < 4.78 is 10.6. The molecule has 0 aliphatic carbocycles. The van der Waals surface area contributed by atoms with Gasteiger partial charge in [0.25, 0.3) is 0 Å².